The van der Waals surface area contributed by atoms with Gasteiger partial charge in [-0.15, -0.1) is 0 Å². The van der Waals surface area contributed by atoms with Crippen LogP contribution in [0.5, 0.6) is 0 Å². The quantitative estimate of drug-likeness (QED) is 0.746. The standard InChI is InChI=1S/C14H19BrN2O2/c15-13-6-3-10(16)7-12(13)14(19)17-8-9-1-4-11(18)5-2-9/h3,6-7,9,11,18H,1-2,4-5,8,16H2,(H,17,19). The van der Waals surface area contributed by atoms with E-state index in [1.807, 2.05) is 0 Å². The molecule has 1 saturated carbocycles. The molecule has 0 aliphatic heterocycles. The van der Waals surface area contributed by atoms with E-state index in [9.17, 15) is 9.90 Å². The fourth-order valence-corrected chi connectivity index (χ4v) is 2.82. The molecule has 0 unspecified atom stereocenters. The molecule has 0 heterocycles. The topological polar surface area (TPSA) is 75.4 Å². The van der Waals surface area contributed by atoms with Gasteiger partial charge in [0.1, 0.15) is 0 Å². The van der Waals surface area contributed by atoms with E-state index in [-0.39, 0.29) is 12.0 Å². The van der Waals surface area contributed by atoms with Crippen molar-refractivity contribution in [1.29, 1.82) is 0 Å². The Morgan fingerprint density at radius 1 is 1.37 bits per heavy atom. The van der Waals surface area contributed by atoms with Crippen LogP contribution in [0.4, 0.5) is 5.69 Å². The Balaban J connectivity index is 1.89. The number of carbonyl (C=O) groups excluding carboxylic acids is 1. The highest BCUT2D eigenvalue weighted by Gasteiger charge is 2.20. The first-order chi connectivity index (χ1) is 9.06. The van der Waals surface area contributed by atoms with Gasteiger partial charge in [0, 0.05) is 16.7 Å². The number of aliphatic hydroxyl groups is 1. The monoisotopic (exact) mass is 326 g/mol. The van der Waals surface area contributed by atoms with Crippen LogP contribution in [0.15, 0.2) is 22.7 Å². The number of halogens is 1. The van der Waals surface area contributed by atoms with Crippen LogP contribution < -0.4 is 11.1 Å². The van der Waals surface area contributed by atoms with Crippen molar-refractivity contribution >= 4 is 27.5 Å². The minimum Gasteiger partial charge on any atom is -0.399 e. The van der Waals surface area contributed by atoms with Gasteiger partial charge in [0.15, 0.2) is 0 Å². The Labute approximate surface area is 121 Å². The number of carbonyl (C=O) groups is 1. The molecule has 1 amide bonds. The third kappa shape index (κ3) is 3.94. The molecule has 0 atom stereocenters. The van der Waals surface area contributed by atoms with Crippen LogP contribution >= 0.6 is 15.9 Å². The van der Waals surface area contributed by atoms with Crippen molar-refractivity contribution in [2.24, 2.45) is 5.92 Å². The summed E-state index contributed by atoms with van der Waals surface area (Å²) in [6.07, 6.45) is 3.46. The van der Waals surface area contributed by atoms with Crippen LogP contribution in [0.2, 0.25) is 0 Å². The molecule has 0 spiro atoms. The summed E-state index contributed by atoms with van der Waals surface area (Å²) in [5.74, 6) is 0.359. The van der Waals surface area contributed by atoms with Crippen LogP contribution in [0.1, 0.15) is 36.0 Å². The molecule has 1 aliphatic rings. The lowest BCUT2D eigenvalue weighted by molar-refractivity contribution is 0.0909. The van der Waals surface area contributed by atoms with Gasteiger partial charge in [0.05, 0.1) is 11.7 Å². The zero-order chi connectivity index (χ0) is 13.8. The summed E-state index contributed by atoms with van der Waals surface area (Å²) in [5.41, 5.74) is 6.83. The number of hydrogen-bond acceptors (Lipinski definition) is 3. The van der Waals surface area contributed by atoms with Gasteiger partial charge in [0.2, 0.25) is 0 Å². The molecule has 4 nitrogen and oxygen atoms in total. The Hall–Kier alpha value is -1.07. The Morgan fingerprint density at radius 3 is 2.74 bits per heavy atom. The molecular formula is C14H19BrN2O2. The molecule has 1 aromatic rings. The molecule has 0 bridgehead atoms. The smallest absolute Gasteiger partial charge is 0.252 e. The molecule has 1 aliphatic carbocycles. The number of anilines is 1. The van der Waals surface area contributed by atoms with E-state index in [0.717, 1.165) is 30.2 Å². The molecule has 0 radical (unpaired) electrons. The van der Waals surface area contributed by atoms with Crippen LogP contribution in [-0.2, 0) is 0 Å². The van der Waals surface area contributed by atoms with Crippen molar-refractivity contribution in [3.8, 4) is 0 Å². The minimum atomic E-state index is -0.157. The number of aliphatic hydroxyl groups excluding tert-OH is 1. The minimum absolute atomic E-state index is 0.106. The predicted octanol–water partition coefficient (Wildman–Crippen LogP) is 2.31. The maximum absolute atomic E-state index is 12.1. The number of rotatable bonds is 3. The van der Waals surface area contributed by atoms with E-state index in [0.29, 0.717) is 23.7 Å². The maximum Gasteiger partial charge on any atom is 0.252 e. The molecule has 2 rings (SSSR count). The van der Waals surface area contributed by atoms with Gasteiger partial charge in [-0.25, -0.2) is 0 Å². The number of nitrogens with two attached hydrogens (primary N) is 1. The summed E-state index contributed by atoms with van der Waals surface area (Å²) in [4.78, 5) is 12.1. The number of amides is 1. The van der Waals surface area contributed by atoms with Gasteiger partial charge in [-0.2, -0.15) is 0 Å². The number of nitrogen functional groups attached to an aromatic ring is 1. The van der Waals surface area contributed by atoms with Crippen LogP contribution in [0.25, 0.3) is 0 Å². The molecule has 19 heavy (non-hydrogen) atoms. The van der Waals surface area contributed by atoms with Gasteiger partial charge in [0.25, 0.3) is 5.91 Å². The van der Waals surface area contributed by atoms with Crippen LogP contribution in [0.3, 0.4) is 0 Å². The molecule has 0 aromatic heterocycles. The molecule has 1 fully saturated rings. The summed E-state index contributed by atoms with van der Waals surface area (Å²) < 4.78 is 0.748. The van der Waals surface area contributed by atoms with E-state index in [1.165, 1.54) is 0 Å². The molecule has 4 N–H and O–H groups in total. The first kappa shape index (κ1) is 14.3. The Bertz CT molecular complexity index is 457. The van der Waals surface area contributed by atoms with E-state index < -0.39 is 0 Å². The molecule has 5 heteroatoms. The van der Waals surface area contributed by atoms with E-state index in [1.54, 1.807) is 18.2 Å². The average molecular weight is 327 g/mol. The van der Waals surface area contributed by atoms with Gasteiger partial charge in [-0.1, -0.05) is 0 Å². The molecule has 0 saturated heterocycles. The SMILES string of the molecule is Nc1ccc(Br)c(C(=O)NCC2CCC(O)CC2)c1. The summed E-state index contributed by atoms with van der Waals surface area (Å²) in [7, 11) is 0. The fraction of sp³-hybridized carbons (Fsp3) is 0.500. The van der Waals surface area contributed by atoms with Gasteiger partial charge in [-0.05, 0) is 65.7 Å². The lowest BCUT2D eigenvalue weighted by Gasteiger charge is -2.25. The zero-order valence-electron chi connectivity index (χ0n) is 10.7. The predicted molar refractivity (Wildman–Crippen MR) is 78.9 cm³/mol. The zero-order valence-corrected chi connectivity index (χ0v) is 12.3. The lowest BCUT2D eigenvalue weighted by atomic mass is 9.87. The Kier molecular flexibility index (Phi) is 4.82. The summed E-state index contributed by atoms with van der Waals surface area (Å²) in [5, 5.41) is 12.4. The summed E-state index contributed by atoms with van der Waals surface area (Å²) in [6, 6.07) is 5.20. The highest BCUT2D eigenvalue weighted by atomic mass is 79.9. The largest absolute Gasteiger partial charge is 0.399 e. The molecule has 104 valence electrons. The average Bonchev–Trinajstić information content (AvgIpc) is 2.40. The maximum atomic E-state index is 12.1. The van der Waals surface area contributed by atoms with E-state index >= 15 is 0 Å². The van der Waals surface area contributed by atoms with Crippen molar-refractivity contribution in [1.82, 2.24) is 5.32 Å². The normalized spacial score (nSPS) is 23.1. The number of benzene rings is 1. The number of hydrogen-bond donors (Lipinski definition) is 3. The van der Waals surface area contributed by atoms with Gasteiger partial charge < -0.3 is 16.2 Å². The molecular weight excluding hydrogens is 308 g/mol. The second kappa shape index (κ2) is 6.39. The van der Waals surface area contributed by atoms with Crippen molar-refractivity contribution in [2.75, 3.05) is 12.3 Å². The van der Waals surface area contributed by atoms with E-state index in [2.05, 4.69) is 21.2 Å². The van der Waals surface area contributed by atoms with Crippen molar-refractivity contribution < 1.29 is 9.90 Å². The third-order valence-corrected chi connectivity index (χ3v) is 4.29. The second-order valence-electron chi connectivity index (χ2n) is 5.12. The second-order valence-corrected chi connectivity index (χ2v) is 5.98. The Morgan fingerprint density at radius 2 is 2.05 bits per heavy atom. The fourth-order valence-electron chi connectivity index (χ4n) is 2.40. The summed E-state index contributed by atoms with van der Waals surface area (Å²) in [6.45, 7) is 0.660. The van der Waals surface area contributed by atoms with Crippen molar-refractivity contribution in [2.45, 2.75) is 31.8 Å². The van der Waals surface area contributed by atoms with Gasteiger partial charge in [-0.3, -0.25) is 4.79 Å². The molecule has 1 aromatic carbocycles. The number of nitrogens with one attached hydrogen (secondary N) is 1. The summed E-state index contributed by atoms with van der Waals surface area (Å²) >= 11 is 3.36. The van der Waals surface area contributed by atoms with Gasteiger partial charge >= 0.3 is 0 Å². The third-order valence-electron chi connectivity index (χ3n) is 3.60. The van der Waals surface area contributed by atoms with Crippen molar-refractivity contribution in [3.05, 3.63) is 28.2 Å². The van der Waals surface area contributed by atoms with E-state index in [4.69, 9.17) is 5.73 Å². The van der Waals surface area contributed by atoms with Crippen LogP contribution in [0, 0.1) is 5.92 Å². The first-order valence-corrected chi connectivity index (χ1v) is 7.37. The first-order valence-electron chi connectivity index (χ1n) is 6.57. The van der Waals surface area contributed by atoms with Crippen molar-refractivity contribution in [3.63, 3.8) is 0 Å². The lowest BCUT2D eigenvalue weighted by Crippen LogP contribution is -2.32. The highest BCUT2D eigenvalue weighted by Crippen LogP contribution is 2.24. The van der Waals surface area contributed by atoms with Crippen LogP contribution in [-0.4, -0.2) is 23.7 Å². The highest BCUT2D eigenvalue weighted by molar-refractivity contribution is 9.10.